The van der Waals surface area contributed by atoms with Crippen LogP contribution in [0.25, 0.3) is 0 Å². The summed E-state index contributed by atoms with van der Waals surface area (Å²) in [6.07, 6.45) is 4.16. The molecule has 1 N–H and O–H groups in total. The molecule has 13 heavy (non-hydrogen) atoms. The highest BCUT2D eigenvalue weighted by molar-refractivity contribution is 5.81. The van der Waals surface area contributed by atoms with Gasteiger partial charge in [0, 0.05) is 12.6 Å². The van der Waals surface area contributed by atoms with Crippen LogP contribution < -0.4 is 0 Å². The summed E-state index contributed by atoms with van der Waals surface area (Å²) < 4.78 is 0. The fraction of sp³-hybridized carbons (Fsp3) is 0.900. The van der Waals surface area contributed by atoms with E-state index in [4.69, 9.17) is 5.11 Å². The molecule has 0 spiro atoms. The number of aliphatic hydroxyl groups excluding tert-OH is 1. The van der Waals surface area contributed by atoms with Gasteiger partial charge in [0.2, 0.25) is 0 Å². The van der Waals surface area contributed by atoms with E-state index in [1.165, 1.54) is 19.3 Å². The van der Waals surface area contributed by atoms with Gasteiger partial charge >= 0.3 is 0 Å². The molecule has 1 aliphatic carbocycles. The van der Waals surface area contributed by atoms with E-state index in [2.05, 4.69) is 0 Å². The van der Waals surface area contributed by atoms with Crippen molar-refractivity contribution in [3.63, 3.8) is 0 Å². The van der Waals surface area contributed by atoms with Crippen LogP contribution in [0.15, 0.2) is 0 Å². The molecule has 2 aliphatic rings. The molecule has 1 heterocycles. The minimum absolute atomic E-state index is 0.0804. The third kappa shape index (κ3) is 1.46. The first-order chi connectivity index (χ1) is 6.20. The molecular formula is C10H17NO2. The molecule has 3 heteroatoms. The second kappa shape index (κ2) is 3.29. The molecule has 1 amide bonds. The molecule has 1 saturated carbocycles. The maximum Gasteiger partial charge on any atom is 0.251 e. The van der Waals surface area contributed by atoms with Crippen LogP contribution in [0.1, 0.15) is 32.6 Å². The van der Waals surface area contributed by atoms with Gasteiger partial charge in [-0.1, -0.05) is 12.8 Å². The number of nitrogens with zero attached hydrogens (tertiary/aromatic N) is 1. The standard InChI is InChI=1S/C10H17NO2/c1-7(12)10(13)11-6-8-4-2-3-5-9(8)11/h7-9,12H,2-6H2,1H3/t7-,8+,9+/m0/s1. The van der Waals surface area contributed by atoms with Gasteiger partial charge in [-0.25, -0.2) is 0 Å². The molecule has 0 aromatic rings. The number of amides is 1. The molecule has 2 fully saturated rings. The van der Waals surface area contributed by atoms with Crippen LogP contribution in [0.4, 0.5) is 0 Å². The zero-order valence-corrected chi connectivity index (χ0v) is 8.07. The fourth-order valence-corrected chi connectivity index (χ4v) is 2.55. The Labute approximate surface area is 78.7 Å². The molecule has 0 aromatic heterocycles. The quantitative estimate of drug-likeness (QED) is 0.652. The van der Waals surface area contributed by atoms with Gasteiger partial charge in [-0.2, -0.15) is 0 Å². The molecule has 0 bridgehead atoms. The van der Waals surface area contributed by atoms with Gasteiger partial charge in [0.25, 0.3) is 5.91 Å². The summed E-state index contributed by atoms with van der Waals surface area (Å²) in [6.45, 7) is 2.44. The maximum atomic E-state index is 11.5. The number of carbonyl (C=O) groups is 1. The van der Waals surface area contributed by atoms with Gasteiger partial charge in [0.15, 0.2) is 0 Å². The summed E-state index contributed by atoms with van der Waals surface area (Å²) in [7, 11) is 0. The largest absolute Gasteiger partial charge is 0.384 e. The Balaban J connectivity index is 1.94. The van der Waals surface area contributed by atoms with E-state index in [-0.39, 0.29) is 5.91 Å². The van der Waals surface area contributed by atoms with E-state index in [1.807, 2.05) is 4.90 Å². The van der Waals surface area contributed by atoms with Gasteiger partial charge in [0.1, 0.15) is 6.10 Å². The van der Waals surface area contributed by atoms with Crippen molar-refractivity contribution in [1.29, 1.82) is 0 Å². The summed E-state index contributed by atoms with van der Waals surface area (Å²) in [6, 6.07) is 0.454. The van der Waals surface area contributed by atoms with Gasteiger partial charge in [-0.3, -0.25) is 4.79 Å². The number of fused-ring (bicyclic) bond motifs is 1. The highest BCUT2D eigenvalue weighted by Crippen LogP contribution is 2.37. The number of carbonyl (C=O) groups excluding carboxylic acids is 1. The number of likely N-dealkylation sites (tertiary alicyclic amines) is 1. The van der Waals surface area contributed by atoms with E-state index in [0.29, 0.717) is 6.04 Å². The second-order valence-corrected chi connectivity index (χ2v) is 4.28. The topological polar surface area (TPSA) is 40.5 Å². The van der Waals surface area contributed by atoms with Crippen molar-refractivity contribution >= 4 is 5.91 Å². The summed E-state index contributed by atoms with van der Waals surface area (Å²) >= 11 is 0. The Morgan fingerprint density at radius 1 is 1.46 bits per heavy atom. The first-order valence-corrected chi connectivity index (χ1v) is 5.18. The van der Waals surface area contributed by atoms with E-state index >= 15 is 0 Å². The van der Waals surface area contributed by atoms with Crippen LogP contribution in [0.3, 0.4) is 0 Å². The van der Waals surface area contributed by atoms with Gasteiger partial charge < -0.3 is 10.0 Å². The molecule has 0 unspecified atom stereocenters. The molecule has 0 aromatic carbocycles. The number of rotatable bonds is 1. The lowest BCUT2D eigenvalue weighted by atomic mass is 9.76. The van der Waals surface area contributed by atoms with Gasteiger partial charge in [0.05, 0.1) is 0 Å². The van der Waals surface area contributed by atoms with Gasteiger partial charge in [-0.15, -0.1) is 0 Å². The normalized spacial score (nSPS) is 34.8. The average Bonchev–Trinajstić information content (AvgIpc) is 2.06. The molecule has 74 valence electrons. The van der Waals surface area contributed by atoms with E-state index in [0.717, 1.165) is 18.9 Å². The maximum absolute atomic E-state index is 11.5. The minimum Gasteiger partial charge on any atom is -0.384 e. The predicted molar refractivity (Wildman–Crippen MR) is 49.1 cm³/mol. The van der Waals surface area contributed by atoms with Crippen molar-refractivity contribution in [2.75, 3.05) is 6.54 Å². The number of aliphatic hydroxyl groups is 1. The summed E-state index contributed by atoms with van der Waals surface area (Å²) in [5.41, 5.74) is 0. The first kappa shape index (κ1) is 9.00. The van der Waals surface area contributed by atoms with Crippen molar-refractivity contribution < 1.29 is 9.90 Å². The molecular weight excluding hydrogens is 166 g/mol. The Kier molecular flexibility index (Phi) is 2.28. The van der Waals surface area contributed by atoms with Crippen LogP contribution in [-0.4, -0.2) is 34.6 Å². The number of hydrogen-bond donors (Lipinski definition) is 1. The summed E-state index contributed by atoms with van der Waals surface area (Å²) in [4.78, 5) is 13.3. The number of hydrogen-bond acceptors (Lipinski definition) is 2. The van der Waals surface area contributed by atoms with Crippen LogP contribution >= 0.6 is 0 Å². The van der Waals surface area contributed by atoms with Crippen LogP contribution in [0.5, 0.6) is 0 Å². The zero-order valence-electron chi connectivity index (χ0n) is 8.07. The molecule has 2 rings (SSSR count). The highest BCUT2D eigenvalue weighted by atomic mass is 16.3. The molecule has 1 saturated heterocycles. The van der Waals surface area contributed by atoms with Crippen molar-refractivity contribution in [2.45, 2.75) is 44.8 Å². The Morgan fingerprint density at radius 3 is 2.77 bits per heavy atom. The lowest BCUT2D eigenvalue weighted by Gasteiger charge is -2.51. The van der Waals surface area contributed by atoms with E-state index < -0.39 is 6.10 Å². The van der Waals surface area contributed by atoms with Crippen molar-refractivity contribution in [1.82, 2.24) is 4.90 Å². The van der Waals surface area contributed by atoms with Crippen LogP contribution in [0, 0.1) is 5.92 Å². The lowest BCUT2D eigenvalue weighted by molar-refractivity contribution is -0.154. The Bertz CT molecular complexity index is 215. The summed E-state index contributed by atoms with van der Waals surface area (Å²) in [5, 5.41) is 9.16. The molecule has 0 radical (unpaired) electrons. The highest BCUT2D eigenvalue weighted by Gasteiger charge is 2.43. The monoisotopic (exact) mass is 183 g/mol. The Hall–Kier alpha value is -0.570. The third-order valence-electron chi connectivity index (χ3n) is 3.34. The van der Waals surface area contributed by atoms with E-state index in [9.17, 15) is 4.79 Å². The SMILES string of the molecule is C[C@H](O)C(=O)N1C[C@H]2CCCC[C@H]21. The fourth-order valence-electron chi connectivity index (χ4n) is 2.55. The second-order valence-electron chi connectivity index (χ2n) is 4.28. The Morgan fingerprint density at radius 2 is 2.15 bits per heavy atom. The zero-order chi connectivity index (χ0) is 9.42. The third-order valence-corrected chi connectivity index (χ3v) is 3.34. The lowest BCUT2D eigenvalue weighted by Crippen LogP contribution is -2.61. The van der Waals surface area contributed by atoms with Crippen molar-refractivity contribution in [2.24, 2.45) is 5.92 Å². The smallest absolute Gasteiger partial charge is 0.251 e. The minimum atomic E-state index is -0.817. The van der Waals surface area contributed by atoms with Crippen LogP contribution in [-0.2, 0) is 4.79 Å². The molecule has 1 aliphatic heterocycles. The average molecular weight is 183 g/mol. The molecule has 3 nitrogen and oxygen atoms in total. The van der Waals surface area contributed by atoms with Crippen LogP contribution in [0.2, 0.25) is 0 Å². The van der Waals surface area contributed by atoms with E-state index in [1.54, 1.807) is 6.92 Å². The van der Waals surface area contributed by atoms with Crippen molar-refractivity contribution in [3.05, 3.63) is 0 Å². The van der Waals surface area contributed by atoms with Gasteiger partial charge in [-0.05, 0) is 25.7 Å². The summed E-state index contributed by atoms with van der Waals surface area (Å²) in [5.74, 6) is 0.652. The first-order valence-electron chi connectivity index (χ1n) is 5.18. The van der Waals surface area contributed by atoms with Crippen molar-refractivity contribution in [3.8, 4) is 0 Å². The predicted octanol–water partition coefficient (Wildman–Crippen LogP) is 0.768. The molecule has 3 atom stereocenters.